The predicted octanol–water partition coefficient (Wildman–Crippen LogP) is 4.18. The quantitative estimate of drug-likeness (QED) is 0.651. The fraction of sp³-hybridized carbons (Fsp3) is 0.167. The maximum Gasteiger partial charge on any atom is 0.277 e. The SMILES string of the molecule is O=C1CCc2c(Oc3ccc4c(c3)[C@H]3C(=NC(=O)c5ccc(F)c(F)c5)[C@H]3O4)ccnc2N1. The number of hydrogen-bond donors (Lipinski definition) is 1. The van der Waals surface area contributed by atoms with Gasteiger partial charge in [0.15, 0.2) is 11.6 Å². The molecule has 164 valence electrons. The minimum atomic E-state index is -1.10. The fourth-order valence-electron chi connectivity index (χ4n) is 4.18. The van der Waals surface area contributed by atoms with Gasteiger partial charge >= 0.3 is 0 Å². The van der Waals surface area contributed by atoms with E-state index < -0.39 is 17.5 Å². The zero-order valence-electron chi connectivity index (χ0n) is 17.0. The van der Waals surface area contributed by atoms with Crippen molar-refractivity contribution < 1.29 is 27.8 Å². The first-order valence-electron chi connectivity index (χ1n) is 10.3. The van der Waals surface area contributed by atoms with Crippen molar-refractivity contribution in [1.29, 1.82) is 0 Å². The number of aliphatic imine (C=N–C) groups is 1. The molecule has 9 heteroatoms. The van der Waals surface area contributed by atoms with Gasteiger partial charge in [0.05, 0.1) is 11.6 Å². The maximum atomic E-state index is 13.4. The van der Waals surface area contributed by atoms with Gasteiger partial charge in [-0.05, 0) is 48.9 Å². The Kier molecular flexibility index (Phi) is 4.26. The summed E-state index contributed by atoms with van der Waals surface area (Å²) in [6.07, 6.45) is 2.12. The lowest BCUT2D eigenvalue weighted by Gasteiger charge is -2.19. The molecule has 7 nitrogen and oxygen atoms in total. The highest BCUT2D eigenvalue weighted by Crippen LogP contribution is 2.52. The van der Waals surface area contributed by atoms with E-state index in [9.17, 15) is 18.4 Å². The topological polar surface area (TPSA) is 89.9 Å². The highest BCUT2D eigenvalue weighted by Gasteiger charge is 2.56. The summed E-state index contributed by atoms with van der Waals surface area (Å²) in [5.41, 5.74) is 2.18. The van der Waals surface area contributed by atoms with Gasteiger partial charge in [0, 0.05) is 29.3 Å². The largest absolute Gasteiger partial charge is 0.483 e. The highest BCUT2D eigenvalue weighted by atomic mass is 19.2. The number of pyridine rings is 1. The second kappa shape index (κ2) is 7.19. The molecule has 0 bridgehead atoms. The molecule has 3 heterocycles. The summed E-state index contributed by atoms with van der Waals surface area (Å²) in [7, 11) is 0. The van der Waals surface area contributed by atoms with Crippen LogP contribution in [0.4, 0.5) is 14.6 Å². The number of carbonyl (C=O) groups is 2. The van der Waals surface area contributed by atoms with E-state index in [1.54, 1.807) is 24.4 Å². The molecular formula is C24H15F2N3O4. The zero-order chi connectivity index (χ0) is 22.7. The van der Waals surface area contributed by atoms with Crippen molar-refractivity contribution in [2.45, 2.75) is 24.9 Å². The molecule has 0 radical (unpaired) electrons. The van der Waals surface area contributed by atoms with E-state index in [-0.39, 0.29) is 23.5 Å². The van der Waals surface area contributed by atoms with Gasteiger partial charge < -0.3 is 14.8 Å². The number of rotatable bonds is 3. The van der Waals surface area contributed by atoms with Crippen LogP contribution in [0, 0.1) is 11.6 Å². The van der Waals surface area contributed by atoms with Crippen LogP contribution in [-0.4, -0.2) is 28.6 Å². The summed E-state index contributed by atoms with van der Waals surface area (Å²) >= 11 is 0. The van der Waals surface area contributed by atoms with Crippen LogP contribution in [0.1, 0.15) is 33.8 Å². The number of amides is 2. The number of halogens is 2. The molecule has 2 amide bonds. The lowest BCUT2D eigenvalue weighted by Crippen LogP contribution is -2.20. The molecule has 2 atom stereocenters. The molecule has 2 aromatic carbocycles. The van der Waals surface area contributed by atoms with Crippen molar-refractivity contribution in [3.8, 4) is 17.2 Å². The first-order chi connectivity index (χ1) is 16.0. The smallest absolute Gasteiger partial charge is 0.277 e. The third kappa shape index (κ3) is 3.32. The lowest BCUT2D eigenvalue weighted by atomic mass is 10.1. The number of aromatic nitrogens is 1. The molecular weight excluding hydrogens is 432 g/mol. The van der Waals surface area contributed by atoms with E-state index in [2.05, 4.69) is 15.3 Å². The van der Waals surface area contributed by atoms with Crippen LogP contribution in [0.5, 0.6) is 17.2 Å². The Morgan fingerprint density at radius 2 is 2.00 bits per heavy atom. The number of fused-ring (bicyclic) bond motifs is 4. The lowest BCUT2D eigenvalue weighted by molar-refractivity contribution is -0.116. The third-order valence-electron chi connectivity index (χ3n) is 5.87. The van der Waals surface area contributed by atoms with Gasteiger partial charge in [-0.25, -0.2) is 18.8 Å². The molecule has 33 heavy (non-hydrogen) atoms. The van der Waals surface area contributed by atoms with Crippen LogP contribution in [0.3, 0.4) is 0 Å². The number of benzene rings is 2. The number of hydrogen-bond acceptors (Lipinski definition) is 5. The molecule has 3 aliphatic rings. The van der Waals surface area contributed by atoms with E-state index in [4.69, 9.17) is 9.47 Å². The molecule has 1 aliphatic carbocycles. The molecule has 6 rings (SSSR count). The van der Waals surface area contributed by atoms with E-state index >= 15 is 0 Å². The predicted molar refractivity (Wildman–Crippen MR) is 113 cm³/mol. The maximum absolute atomic E-state index is 13.4. The summed E-state index contributed by atoms with van der Waals surface area (Å²) in [5, 5.41) is 2.74. The zero-order valence-corrected chi connectivity index (χ0v) is 17.0. The standard InChI is InChI=1S/C24H15F2N3O4/c25-15-4-1-11(9-16(15)26)24(31)29-21-20-14-10-12(2-5-17(14)33-22(20)21)32-18-7-8-27-23-13(18)3-6-19(30)28-23/h1-2,4-5,7-10,20,22H,3,6H2,(H,27,28,30)/t20-,22-/m0/s1. The minimum Gasteiger partial charge on any atom is -0.483 e. The van der Waals surface area contributed by atoms with Crippen LogP contribution in [0.15, 0.2) is 53.7 Å². The van der Waals surface area contributed by atoms with Gasteiger partial charge in [-0.2, -0.15) is 0 Å². The van der Waals surface area contributed by atoms with Gasteiger partial charge in [0.1, 0.15) is 29.2 Å². The molecule has 0 saturated heterocycles. The van der Waals surface area contributed by atoms with E-state index in [1.807, 2.05) is 6.07 Å². The Morgan fingerprint density at radius 3 is 2.85 bits per heavy atom. The fourth-order valence-corrected chi connectivity index (χ4v) is 4.18. The Balaban J connectivity index is 1.24. The van der Waals surface area contributed by atoms with Crippen molar-refractivity contribution in [3.63, 3.8) is 0 Å². The Hall–Kier alpha value is -4.14. The van der Waals surface area contributed by atoms with Crippen LogP contribution < -0.4 is 14.8 Å². The second-order valence-corrected chi connectivity index (χ2v) is 7.97. The van der Waals surface area contributed by atoms with Gasteiger partial charge in [0.2, 0.25) is 5.91 Å². The number of carbonyl (C=O) groups excluding carboxylic acids is 2. The van der Waals surface area contributed by atoms with Crippen molar-refractivity contribution in [1.82, 2.24) is 4.98 Å². The Morgan fingerprint density at radius 1 is 1.12 bits per heavy atom. The molecule has 1 N–H and O–H groups in total. The van der Waals surface area contributed by atoms with Crippen molar-refractivity contribution in [2.75, 3.05) is 5.32 Å². The Bertz CT molecular complexity index is 1390. The normalized spacial score (nSPS) is 20.9. The summed E-state index contributed by atoms with van der Waals surface area (Å²) in [4.78, 5) is 32.3. The molecule has 0 unspecified atom stereocenters. The monoisotopic (exact) mass is 447 g/mol. The van der Waals surface area contributed by atoms with Gasteiger partial charge in [-0.1, -0.05) is 0 Å². The van der Waals surface area contributed by atoms with Crippen LogP contribution >= 0.6 is 0 Å². The summed E-state index contributed by atoms with van der Waals surface area (Å²) in [6, 6.07) is 10.1. The summed E-state index contributed by atoms with van der Waals surface area (Å²) in [5.74, 6) is -0.684. The van der Waals surface area contributed by atoms with Crippen LogP contribution in [0.25, 0.3) is 0 Å². The summed E-state index contributed by atoms with van der Waals surface area (Å²) in [6.45, 7) is 0. The van der Waals surface area contributed by atoms with Gasteiger partial charge in [-0.3, -0.25) is 9.59 Å². The molecule has 1 aromatic heterocycles. The van der Waals surface area contributed by atoms with E-state index in [0.717, 1.165) is 23.3 Å². The van der Waals surface area contributed by atoms with Gasteiger partial charge in [0.25, 0.3) is 5.91 Å². The average molecular weight is 447 g/mol. The number of ether oxygens (including phenoxy) is 2. The number of nitrogens with zero attached hydrogens (tertiary/aromatic N) is 2. The molecule has 3 aromatic rings. The third-order valence-corrected chi connectivity index (χ3v) is 5.87. The van der Waals surface area contributed by atoms with Crippen LogP contribution in [0.2, 0.25) is 0 Å². The van der Waals surface area contributed by atoms with Crippen molar-refractivity contribution >= 4 is 23.3 Å². The first-order valence-corrected chi connectivity index (χ1v) is 10.3. The van der Waals surface area contributed by atoms with Crippen molar-refractivity contribution in [3.05, 3.63) is 77.0 Å². The van der Waals surface area contributed by atoms with E-state index in [0.29, 0.717) is 41.6 Å². The molecule has 1 fully saturated rings. The summed E-state index contributed by atoms with van der Waals surface area (Å²) < 4.78 is 38.5. The number of nitrogens with one attached hydrogen (secondary N) is 1. The second-order valence-electron chi connectivity index (χ2n) is 7.97. The minimum absolute atomic E-state index is 0.0294. The molecule has 0 spiro atoms. The first kappa shape index (κ1) is 19.5. The Labute approximate surface area is 186 Å². The number of anilines is 1. The van der Waals surface area contributed by atoms with Crippen molar-refractivity contribution in [2.24, 2.45) is 4.99 Å². The molecule has 2 aliphatic heterocycles. The molecule has 1 saturated carbocycles. The van der Waals surface area contributed by atoms with Gasteiger partial charge in [-0.15, -0.1) is 0 Å². The average Bonchev–Trinajstić information content (AvgIpc) is 3.32. The highest BCUT2D eigenvalue weighted by molar-refractivity contribution is 6.19. The van der Waals surface area contributed by atoms with E-state index in [1.165, 1.54) is 6.07 Å². The van der Waals surface area contributed by atoms with Crippen LogP contribution in [-0.2, 0) is 11.2 Å².